The first-order chi connectivity index (χ1) is 7.13. The third-order valence-corrected chi connectivity index (χ3v) is 2.26. The highest BCUT2D eigenvalue weighted by atomic mass is 16.3. The predicted octanol–water partition coefficient (Wildman–Crippen LogP) is 0.828. The van der Waals surface area contributed by atoms with Crippen LogP contribution in [-0.2, 0) is 6.54 Å². The van der Waals surface area contributed by atoms with Crippen molar-refractivity contribution in [3.63, 3.8) is 0 Å². The zero-order valence-corrected chi connectivity index (χ0v) is 8.14. The highest BCUT2D eigenvalue weighted by Crippen LogP contribution is 2.27. The molecule has 0 spiro atoms. The third-order valence-electron chi connectivity index (χ3n) is 2.26. The van der Waals surface area contributed by atoms with Crippen LogP contribution in [0.2, 0.25) is 0 Å². The van der Waals surface area contributed by atoms with Crippen LogP contribution in [0.1, 0.15) is 6.92 Å². The molecule has 1 heterocycles. The molecule has 0 saturated heterocycles. The van der Waals surface area contributed by atoms with E-state index >= 15 is 0 Å². The SMILES string of the molecule is CCn1cnc2cc(O)c(O)cc2c1=O. The summed E-state index contributed by atoms with van der Waals surface area (Å²) >= 11 is 0. The van der Waals surface area contributed by atoms with E-state index in [0.717, 1.165) is 0 Å². The Balaban J connectivity index is 2.88. The Morgan fingerprint density at radius 3 is 2.67 bits per heavy atom. The topological polar surface area (TPSA) is 75.3 Å². The van der Waals surface area contributed by atoms with Crippen LogP contribution in [0.5, 0.6) is 11.5 Å². The van der Waals surface area contributed by atoms with E-state index in [4.69, 9.17) is 0 Å². The van der Waals surface area contributed by atoms with Crippen LogP contribution >= 0.6 is 0 Å². The van der Waals surface area contributed by atoms with Crippen molar-refractivity contribution in [2.75, 3.05) is 0 Å². The molecular formula is C10H10N2O3. The summed E-state index contributed by atoms with van der Waals surface area (Å²) in [6.07, 6.45) is 1.42. The van der Waals surface area contributed by atoms with E-state index in [1.165, 1.54) is 23.0 Å². The largest absolute Gasteiger partial charge is 0.504 e. The van der Waals surface area contributed by atoms with Gasteiger partial charge in [-0.25, -0.2) is 4.98 Å². The molecule has 5 nitrogen and oxygen atoms in total. The van der Waals surface area contributed by atoms with Gasteiger partial charge in [-0.3, -0.25) is 9.36 Å². The predicted molar refractivity (Wildman–Crippen MR) is 55.0 cm³/mol. The number of aryl methyl sites for hydroxylation is 1. The number of nitrogens with zero attached hydrogens (tertiary/aromatic N) is 2. The number of rotatable bonds is 1. The molecule has 0 amide bonds. The molecule has 0 fully saturated rings. The second-order valence-electron chi connectivity index (χ2n) is 3.19. The first-order valence-electron chi connectivity index (χ1n) is 4.54. The third kappa shape index (κ3) is 1.41. The molecule has 5 heteroatoms. The highest BCUT2D eigenvalue weighted by Gasteiger charge is 2.07. The van der Waals surface area contributed by atoms with Crippen molar-refractivity contribution in [2.45, 2.75) is 13.5 Å². The fraction of sp³-hybridized carbons (Fsp3) is 0.200. The lowest BCUT2D eigenvalue weighted by molar-refractivity contribution is 0.404. The summed E-state index contributed by atoms with van der Waals surface area (Å²) in [6, 6.07) is 2.50. The summed E-state index contributed by atoms with van der Waals surface area (Å²) < 4.78 is 1.43. The quantitative estimate of drug-likeness (QED) is 0.677. The van der Waals surface area contributed by atoms with Crippen molar-refractivity contribution in [1.29, 1.82) is 0 Å². The van der Waals surface area contributed by atoms with Crippen molar-refractivity contribution in [3.8, 4) is 11.5 Å². The van der Waals surface area contributed by atoms with Crippen LogP contribution in [0.15, 0.2) is 23.3 Å². The first-order valence-corrected chi connectivity index (χ1v) is 4.54. The van der Waals surface area contributed by atoms with Gasteiger partial charge in [0.1, 0.15) is 0 Å². The van der Waals surface area contributed by atoms with E-state index in [1.54, 1.807) is 0 Å². The maximum atomic E-state index is 11.8. The van der Waals surface area contributed by atoms with E-state index in [0.29, 0.717) is 17.4 Å². The molecule has 0 unspecified atom stereocenters. The Bertz CT molecular complexity index is 575. The van der Waals surface area contributed by atoms with E-state index in [9.17, 15) is 15.0 Å². The zero-order valence-electron chi connectivity index (χ0n) is 8.14. The van der Waals surface area contributed by atoms with Gasteiger partial charge in [0.25, 0.3) is 5.56 Å². The fourth-order valence-electron chi connectivity index (χ4n) is 1.41. The molecule has 1 aromatic carbocycles. The van der Waals surface area contributed by atoms with Crippen LogP contribution in [0.3, 0.4) is 0 Å². The second-order valence-corrected chi connectivity index (χ2v) is 3.19. The summed E-state index contributed by atoms with van der Waals surface area (Å²) in [4.78, 5) is 15.8. The molecule has 0 aliphatic carbocycles. The van der Waals surface area contributed by atoms with Crippen molar-refractivity contribution in [1.82, 2.24) is 9.55 Å². The number of phenolic OH excluding ortho intramolecular Hbond substituents is 2. The van der Waals surface area contributed by atoms with Crippen LogP contribution in [0, 0.1) is 0 Å². The van der Waals surface area contributed by atoms with Crippen LogP contribution in [0.25, 0.3) is 10.9 Å². The average Bonchev–Trinajstić information content (AvgIpc) is 2.22. The Labute approximate surface area is 85.2 Å². The van der Waals surface area contributed by atoms with Crippen LogP contribution < -0.4 is 5.56 Å². The molecule has 0 radical (unpaired) electrons. The van der Waals surface area contributed by atoms with E-state index < -0.39 is 0 Å². The number of aromatic hydroxyl groups is 2. The van der Waals surface area contributed by atoms with Gasteiger partial charge in [0, 0.05) is 12.6 Å². The molecule has 78 valence electrons. The fourth-order valence-corrected chi connectivity index (χ4v) is 1.41. The highest BCUT2D eigenvalue weighted by molar-refractivity contribution is 5.81. The molecule has 0 atom stereocenters. The van der Waals surface area contributed by atoms with Gasteiger partial charge >= 0.3 is 0 Å². The van der Waals surface area contributed by atoms with Crippen LogP contribution in [0.4, 0.5) is 0 Å². The molecule has 15 heavy (non-hydrogen) atoms. The van der Waals surface area contributed by atoms with Gasteiger partial charge in [-0.15, -0.1) is 0 Å². The Morgan fingerprint density at radius 2 is 2.00 bits per heavy atom. The van der Waals surface area contributed by atoms with Gasteiger partial charge in [-0.2, -0.15) is 0 Å². The monoisotopic (exact) mass is 206 g/mol. The molecule has 0 bridgehead atoms. The Hall–Kier alpha value is -2.04. The normalized spacial score (nSPS) is 10.7. The minimum absolute atomic E-state index is 0.224. The first kappa shape index (κ1) is 9.51. The van der Waals surface area contributed by atoms with E-state index in [2.05, 4.69) is 4.98 Å². The number of aromatic nitrogens is 2. The molecule has 1 aromatic heterocycles. The number of hydrogen-bond donors (Lipinski definition) is 2. The van der Waals surface area contributed by atoms with Crippen molar-refractivity contribution < 1.29 is 10.2 Å². The average molecular weight is 206 g/mol. The number of fused-ring (bicyclic) bond motifs is 1. The van der Waals surface area contributed by atoms with Gasteiger partial charge in [0.2, 0.25) is 0 Å². The van der Waals surface area contributed by atoms with E-state index in [-0.39, 0.29) is 17.1 Å². The van der Waals surface area contributed by atoms with Crippen LogP contribution in [-0.4, -0.2) is 19.8 Å². The van der Waals surface area contributed by atoms with Gasteiger partial charge in [-0.05, 0) is 13.0 Å². The second kappa shape index (κ2) is 3.27. The molecule has 0 saturated carbocycles. The summed E-state index contributed by atoms with van der Waals surface area (Å²) in [6.45, 7) is 2.35. The zero-order chi connectivity index (χ0) is 11.0. The Kier molecular flexibility index (Phi) is 2.07. The summed E-state index contributed by atoms with van der Waals surface area (Å²) in [5.41, 5.74) is 0.151. The van der Waals surface area contributed by atoms with E-state index in [1.807, 2.05) is 6.92 Å². The van der Waals surface area contributed by atoms with Crippen molar-refractivity contribution in [2.24, 2.45) is 0 Å². The molecule has 2 rings (SSSR count). The summed E-state index contributed by atoms with van der Waals surface area (Å²) in [5.74, 6) is -0.584. The van der Waals surface area contributed by atoms with Gasteiger partial charge in [0.05, 0.1) is 17.2 Å². The number of benzene rings is 1. The Morgan fingerprint density at radius 1 is 1.33 bits per heavy atom. The molecule has 0 aliphatic heterocycles. The summed E-state index contributed by atoms with van der Waals surface area (Å²) in [7, 11) is 0. The van der Waals surface area contributed by atoms with Gasteiger partial charge in [-0.1, -0.05) is 0 Å². The summed E-state index contributed by atoms with van der Waals surface area (Å²) in [5, 5.41) is 18.8. The van der Waals surface area contributed by atoms with Crippen molar-refractivity contribution >= 4 is 10.9 Å². The maximum absolute atomic E-state index is 11.8. The molecule has 2 aromatic rings. The smallest absolute Gasteiger partial charge is 0.261 e. The number of hydrogen-bond acceptors (Lipinski definition) is 4. The van der Waals surface area contributed by atoms with Gasteiger partial charge in [0.15, 0.2) is 11.5 Å². The minimum atomic E-state index is -0.310. The van der Waals surface area contributed by atoms with Gasteiger partial charge < -0.3 is 10.2 Å². The lowest BCUT2D eigenvalue weighted by Gasteiger charge is -2.04. The minimum Gasteiger partial charge on any atom is -0.504 e. The standard InChI is InChI=1S/C10H10N2O3/c1-2-12-5-11-7-4-9(14)8(13)3-6(7)10(12)15/h3-5,13-14H,2H2,1H3. The molecule has 0 aliphatic rings. The lowest BCUT2D eigenvalue weighted by Crippen LogP contribution is -2.19. The maximum Gasteiger partial charge on any atom is 0.261 e. The molecule has 2 N–H and O–H groups in total. The van der Waals surface area contributed by atoms with Crippen molar-refractivity contribution in [3.05, 3.63) is 28.8 Å². The lowest BCUT2D eigenvalue weighted by atomic mass is 10.2. The molecular weight excluding hydrogens is 196 g/mol. The number of phenols is 2.